The standard InChI is InChI=1S/C13H17ClN2O/c1-8-5-10(14)12-11(6-8)16(9(2)17)7-13(3,4)15-12/h5-6,15H,7H2,1-4H3. The number of benzene rings is 1. The van der Waals surface area contributed by atoms with E-state index in [9.17, 15) is 4.79 Å². The number of rotatable bonds is 0. The highest BCUT2D eigenvalue weighted by molar-refractivity contribution is 6.34. The first-order chi connectivity index (χ1) is 7.80. The summed E-state index contributed by atoms with van der Waals surface area (Å²) in [5.74, 6) is 0.0440. The van der Waals surface area contributed by atoms with E-state index in [0.717, 1.165) is 16.9 Å². The molecule has 1 aromatic carbocycles. The summed E-state index contributed by atoms with van der Waals surface area (Å²) >= 11 is 6.24. The van der Waals surface area contributed by atoms with Crippen molar-refractivity contribution >= 4 is 28.9 Å². The molecule has 1 aliphatic rings. The third kappa shape index (κ3) is 2.25. The molecule has 1 N–H and O–H groups in total. The second-order valence-electron chi connectivity index (χ2n) is 5.25. The molecule has 1 heterocycles. The van der Waals surface area contributed by atoms with Crippen molar-refractivity contribution in [2.75, 3.05) is 16.8 Å². The number of carbonyl (C=O) groups is 1. The fourth-order valence-corrected chi connectivity index (χ4v) is 2.52. The minimum Gasteiger partial charge on any atom is -0.375 e. The van der Waals surface area contributed by atoms with Crippen LogP contribution < -0.4 is 10.2 Å². The summed E-state index contributed by atoms with van der Waals surface area (Å²) in [5, 5.41) is 4.06. The molecule has 0 spiro atoms. The molecule has 1 aliphatic heterocycles. The Morgan fingerprint density at radius 1 is 1.47 bits per heavy atom. The maximum atomic E-state index is 11.7. The SMILES string of the molecule is CC(=O)N1CC(C)(C)Nc2c(Cl)cc(C)cc21. The average Bonchev–Trinajstić information content (AvgIpc) is 2.17. The fourth-order valence-electron chi connectivity index (χ4n) is 2.20. The first kappa shape index (κ1) is 12.2. The van der Waals surface area contributed by atoms with E-state index in [1.165, 1.54) is 0 Å². The Hall–Kier alpha value is -1.22. The molecule has 1 aromatic rings. The summed E-state index contributed by atoms with van der Waals surface area (Å²) in [6, 6.07) is 3.90. The van der Waals surface area contributed by atoms with Crippen molar-refractivity contribution in [2.24, 2.45) is 0 Å². The zero-order valence-corrected chi connectivity index (χ0v) is 11.4. The molecule has 0 saturated heterocycles. The Bertz CT molecular complexity index is 483. The molecule has 1 amide bonds. The lowest BCUT2D eigenvalue weighted by molar-refractivity contribution is -0.116. The van der Waals surface area contributed by atoms with E-state index in [4.69, 9.17) is 11.6 Å². The summed E-state index contributed by atoms with van der Waals surface area (Å²) < 4.78 is 0. The van der Waals surface area contributed by atoms with E-state index >= 15 is 0 Å². The molecule has 17 heavy (non-hydrogen) atoms. The highest BCUT2D eigenvalue weighted by Crippen LogP contribution is 2.40. The zero-order chi connectivity index (χ0) is 12.8. The van der Waals surface area contributed by atoms with E-state index in [1.54, 1.807) is 11.8 Å². The number of carbonyl (C=O) groups excluding carboxylic acids is 1. The summed E-state index contributed by atoms with van der Waals surface area (Å²) in [4.78, 5) is 13.5. The number of aryl methyl sites for hydroxylation is 1. The molecule has 0 aromatic heterocycles. The molecule has 0 unspecified atom stereocenters. The van der Waals surface area contributed by atoms with Crippen molar-refractivity contribution in [2.45, 2.75) is 33.2 Å². The third-order valence-corrected chi connectivity index (χ3v) is 3.20. The van der Waals surface area contributed by atoms with Crippen LogP contribution in [0.15, 0.2) is 12.1 Å². The molecule has 3 nitrogen and oxygen atoms in total. The second kappa shape index (κ2) is 3.91. The van der Waals surface area contributed by atoms with Gasteiger partial charge in [0.25, 0.3) is 0 Å². The van der Waals surface area contributed by atoms with Gasteiger partial charge in [0.15, 0.2) is 0 Å². The molecule has 0 fully saturated rings. The van der Waals surface area contributed by atoms with Crippen LogP contribution in [0.2, 0.25) is 5.02 Å². The van der Waals surface area contributed by atoms with Gasteiger partial charge < -0.3 is 10.2 Å². The molecule has 4 heteroatoms. The lowest BCUT2D eigenvalue weighted by Crippen LogP contribution is -2.50. The number of nitrogens with one attached hydrogen (secondary N) is 1. The second-order valence-corrected chi connectivity index (χ2v) is 5.66. The van der Waals surface area contributed by atoms with Gasteiger partial charge in [-0.2, -0.15) is 0 Å². The van der Waals surface area contributed by atoms with Crippen molar-refractivity contribution in [3.63, 3.8) is 0 Å². The Balaban J connectivity index is 2.60. The van der Waals surface area contributed by atoms with Crippen LogP contribution in [0.1, 0.15) is 26.3 Å². The number of hydrogen-bond donors (Lipinski definition) is 1. The van der Waals surface area contributed by atoms with Crippen molar-refractivity contribution in [1.29, 1.82) is 0 Å². The number of halogens is 1. The molecular weight excluding hydrogens is 236 g/mol. The Kier molecular flexibility index (Phi) is 2.82. The number of anilines is 2. The van der Waals surface area contributed by atoms with Gasteiger partial charge in [0.05, 0.1) is 16.4 Å². The maximum absolute atomic E-state index is 11.7. The Labute approximate surface area is 107 Å². The average molecular weight is 253 g/mol. The van der Waals surface area contributed by atoms with Crippen molar-refractivity contribution in [3.05, 3.63) is 22.7 Å². The van der Waals surface area contributed by atoms with Crippen LogP contribution in [-0.2, 0) is 4.79 Å². The summed E-state index contributed by atoms with van der Waals surface area (Å²) in [6.45, 7) is 8.32. The van der Waals surface area contributed by atoms with Crippen molar-refractivity contribution < 1.29 is 4.79 Å². The molecule has 0 bridgehead atoms. The minimum absolute atomic E-state index is 0.0440. The maximum Gasteiger partial charge on any atom is 0.224 e. The van der Waals surface area contributed by atoms with Crippen LogP contribution in [0.25, 0.3) is 0 Å². The fraction of sp³-hybridized carbons (Fsp3) is 0.462. The number of amides is 1. The number of hydrogen-bond acceptors (Lipinski definition) is 2. The predicted octanol–water partition coefficient (Wildman–Crippen LogP) is 3.21. The normalized spacial score (nSPS) is 17.4. The van der Waals surface area contributed by atoms with Crippen LogP contribution >= 0.6 is 11.6 Å². The quantitative estimate of drug-likeness (QED) is 0.769. The highest BCUT2D eigenvalue weighted by atomic mass is 35.5. The topological polar surface area (TPSA) is 32.3 Å². The van der Waals surface area contributed by atoms with Gasteiger partial charge in [0.2, 0.25) is 5.91 Å². The molecule has 2 rings (SSSR count). The molecule has 0 aliphatic carbocycles. The van der Waals surface area contributed by atoms with Crippen LogP contribution in [0.4, 0.5) is 11.4 Å². The minimum atomic E-state index is -0.169. The monoisotopic (exact) mass is 252 g/mol. The molecular formula is C13H17ClN2O. The highest BCUT2D eigenvalue weighted by Gasteiger charge is 2.32. The van der Waals surface area contributed by atoms with E-state index in [2.05, 4.69) is 19.2 Å². The summed E-state index contributed by atoms with van der Waals surface area (Å²) in [6.07, 6.45) is 0. The first-order valence-electron chi connectivity index (χ1n) is 5.66. The van der Waals surface area contributed by atoms with Gasteiger partial charge in [-0.1, -0.05) is 11.6 Å². The van der Waals surface area contributed by atoms with E-state index < -0.39 is 0 Å². The van der Waals surface area contributed by atoms with E-state index in [-0.39, 0.29) is 11.4 Å². The number of nitrogens with zero attached hydrogens (tertiary/aromatic N) is 1. The van der Waals surface area contributed by atoms with E-state index in [1.807, 2.05) is 19.1 Å². The van der Waals surface area contributed by atoms with Crippen LogP contribution in [0.5, 0.6) is 0 Å². The van der Waals surface area contributed by atoms with Gasteiger partial charge in [0.1, 0.15) is 0 Å². The zero-order valence-electron chi connectivity index (χ0n) is 10.6. The van der Waals surface area contributed by atoms with Gasteiger partial charge in [-0.3, -0.25) is 4.79 Å². The summed E-state index contributed by atoms with van der Waals surface area (Å²) in [7, 11) is 0. The van der Waals surface area contributed by atoms with Crippen LogP contribution in [0.3, 0.4) is 0 Å². The van der Waals surface area contributed by atoms with Crippen LogP contribution in [-0.4, -0.2) is 18.0 Å². The largest absolute Gasteiger partial charge is 0.375 e. The third-order valence-electron chi connectivity index (χ3n) is 2.90. The lowest BCUT2D eigenvalue weighted by atomic mass is 9.98. The predicted molar refractivity (Wildman–Crippen MR) is 71.9 cm³/mol. The summed E-state index contributed by atoms with van der Waals surface area (Å²) in [5.41, 5.74) is 2.62. The van der Waals surface area contributed by atoms with Crippen molar-refractivity contribution in [3.8, 4) is 0 Å². The van der Waals surface area contributed by atoms with E-state index in [0.29, 0.717) is 11.6 Å². The Morgan fingerprint density at radius 2 is 2.12 bits per heavy atom. The van der Waals surface area contributed by atoms with Crippen molar-refractivity contribution in [1.82, 2.24) is 0 Å². The van der Waals surface area contributed by atoms with Gasteiger partial charge in [-0.25, -0.2) is 0 Å². The van der Waals surface area contributed by atoms with Crippen LogP contribution in [0, 0.1) is 6.92 Å². The first-order valence-corrected chi connectivity index (χ1v) is 6.04. The molecule has 0 saturated carbocycles. The molecule has 92 valence electrons. The molecule has 0 atom stereocenters. The number of fused-ring (bicyclic) bond motifs is 1. The smallest absolute Gasteiger partial charge is 0.224 e. The Morgan fingerprint density at radius 3 is 2.71 bits per heavy atom. The van der Waals surface area contributed by atoms with Gasteiger partial charge in [-0.15, -0.1) is 0 Å². The van der Waals surface area contributed by atoms with Gasteiger partial charge >= 0.3 is 0 Å². The van der Waals surface area contributed by atoms with Gasteiger partial charge in [-0.05, 0) is 38.5 Å². The lowest BCUT2D eigenvalue weighted by Gasteiger charge is -2.41. The van der Waals surface area contributed by atoms with Gasteiger partial charge in [0, 0.05) is 19.0 Å². The molecule has 0 radical (unpaired) electrons.